The largest absolute Gasteiger partial charge is 0.368 e. The van der Waals surface area contributed by atoms with E-state index in [4.69, 9.17) is 0 Å². The van der Waals surface area contributed by atoms with Crippen molar-refractivity contribution in [1.82, 2.24) is 4.90 Å². The van der Waals surface area contributed by atoms with Crippen molar-refractivity contribution < 1.29 is 9.18 Å². The van der Waals surface area contributed by atoms with Gasteiger partial charge in [0.25, 0.3) is 0 Å². The van der Waals surface area contributed by atoms with Crippen LogP contribution in [0.1, 0.15) is 11.1 Å². The Labute approximate surface area is 141 Å². The monoisotopic (exact) mass is 327 g/mol. The lowest BCUT2D eigenvalue weighted by atomic mass is 10.1. The number of rotatable bonds is 2. The van der Waals surface area contributed by atoms with Gasteiger partial charge in [0, 0.05) is 37.6 Å². The fraction of sp³-hybridized carbons (Fsp3) is 0.316. The highest BCUT2D eigenvalue weighted by Gasteiger charge is 2.23. The van der Waals surface area contributed by atoms with Crippen molar-refractivity contribution in [3.05, 3.63) is 59.4 Å². The van der Waals surface area contributed by atoms with Crippen LogP contribution in [0.3, 0.4) is 0 Å². The molecule has 0 spiro atoms. The minimum atomic E-state index is -0.354. The molecule has 24 heavy (non-hydrogen) atoms. The Hall–Kier alpha value is -2.56. The third-order valence-electron chi connectivity index (χ3n) is 4.40. The average molecular weight is 327 g/mol. The van der Waals surface area contributed by atoms with Crippen LogP contribution >= 0.6 is 0 Å². The minimum absolute atomic E-state index is 0.179. The van der Waals surface area contributed by atoms with Crippen LogP contribution in [-0.2, 0) is 0 Å². The third kappa shape index (κ3) is 3.50. The van der Waals surface area contributed by atoms with Gasteiger partial charge in [-0.1, -0.05) is 24.3 Å². The molecule has 1 aliphatic rings. The summed E-state index contributed by atoms with van der Waals surface area (Å²) in [5.74, 6) is -0.354. The van der Waals surface area contributed by atoms with Gasteiger partial charge in [-0.3, -0.25) is 0 Å². The first-order valence-electron chi connectivity index (χ1n) is 8.17. The predicted molar refractivity (Wildman–Crippen MR) is 95.1 cm³/mol. The second-order valence-electron chi connectivity index (χ2n) is 6.16. The molecule has 0 aromatic heterocycles. The van der Waals surface area contributed by atoms with Crippen LogP contribution in [0.2, 0.25) is 0 Å². The standard InChI is InChI=1S/C19H22FN3O/c1-14-5-3-6-15(2)18(14)22-9-11-23(12-10-22)19(24)21-17-8-4-7-16(20)13-17/h3-8,13H,9-12H2,1-2H3,(H,21,24). The lowest BCUT2D eigenvalue weighted by Crippen LogP contribution is -2.50. The molecule has 4 nitrogen and oxygen atoms in total. The lowest BCUT2D eigenvalue weighted by Gasteiger charge is -2.37. The van der Waals surface area contributed by atoms with Gasteiger partial charge in [-0.2, -0.15) is 0 Å². The van der Waals surface area contributed by atoms with Crippen molar-refractivity contribution in [2.24, 2.45) is 0 Å². The molecule has 3 rings (SSSR count). The van der Waals surface area contributed by atoms with E-state index in [0.717, 1.165) is 13.1 Å². The smallest absolute Gasteiger partial charge is 0.321 e. The molecule has 5 heteroatoms. The SMILES string of the molecule is Cc1cccc(C)c1N1CCN(C(=O)Nc2cccc(F)c2)CC1. The van der Waals surface area contributed by atoms with Gasteiger partial charge in [-0.25, -0.2) is 9.18 Å². The molecule has 2 amide bonds. The molecular weight excluding hydrogens is 305 g/mol. The fourth-order valence-corrected chi connectivity index (χ4v) is 3.21. The highest BCUT2D eigenvalue weighted by atomic mass is 19.1. The molecule has 0 radical (unpaired) electrons. The maximum atomic E-state index is 13.2. The van der Waals surface area contributed by atoms with Gasteiger partial charge in [0.1, 0.15) is 5.82 Å². The number of nitrogens with one attached hydrogen (secondary N) is 1. The lowest BCUT2D eigenvalue weighted by molar-refractivity contribution is 0.208. The average Bonchev–Trinajstić information content (AvgIpc) is 2.55. The molecule has 2 aromatic rings. The molecule has 1 heterocycles. The van der Waals surface area contributed by atoms with Crippen LogP contribution in [0.5, 0.6) is 0 Å². The Morgan fingerprint density at radius 1 is 1.00 bits per heavy atom. The zero-order chi connectivity index (χ0) is 17.1. The van der Waals surface area contributed by atoms with E-state index in [1.54, 1.807) is 17.0 Å². The number of piperazine rings is 1. The topological polar surface area (TPSA) is 35.6 Å². The number of hydrogen-bond donors (Lipinski definition) is 1. The van der Waals surface area contributed by atoms with Gasteiger partial charge < -0.3 is 15.1 Å². The number of urea groups is 1. The number of halogens is 1. The van der Waals surface area contributed by atoms with E-state index in [9.17, 15) is 9.18 Å². The summed E-state index contributed by atoms with van der Waals surface area (Å²) >= 11 is 0. The Balaban J connectivity index is 1.61. The first-order valence-corrected chi connectivity index (χ1v) is 8.17. The van der Waals surface area contributed by atoms with Gasteiger partial charge in [-0.15, -0.1) is 0 Å². The van der Waals surface area contributed by atoms with Crippen molar-refractivity contribution in [3.8, 4) is 0 Å². The molecular formula is C19H22FN3O. The van der Waals surface area contributed by atoms with Crippen molar-refractivity contribution >= 4 is 17.4 Å². The zero-order valence-corrected chi connectivity index (χ0v) is 14.1. The van der Waals surface area contributed by atoms with Crippen LogP contribution in [0.15, 0.2) is 42.5 Å². The predicted octanol–water partition coefficient (Wildman–Crippen LogP) is 3.80. The van der Waals surface area contributed by atoms with E-state index < -0.39 is 0 Å². The molecule has 1 saturated heterocycles. The van der Waals surface area contributed by atoms with E-state index >= 15 is 0 Å². The van der Waals surface area contributed by atoms with Crippen molar-refractivity contribution in [2.75, 3.05) is 36.4 Å². The van der Waals surface area contributed by atoms with Crippen LogP contribution < -0.4 is 10.2 Å². The Morgan fingerprint density at radius 3 is 2.25 bits per heavy atom. The quantitative estimate of drug-likeness (QED) is 0.911. The summed E-state index contributed by atoms with van der Waals surface area (Å²) in [4.78, 5) is 16.4. The van der Waals surface area contributed by atoms with Crippen molar-refractivity contribution in [2.45, 2.75) is 13.8 Å². The number of carbonyl (C=O) groups is 1. The summed E-state index contributed by atoms with van der Waals surface area (Å²) in [5, 5.41) is 2.76. The maximum Gasteiger partial charge on any atom is 0.321 e. The van der Waals surface area contributed by atoms with Gasteiger partial charge in [-0.05, 0) is 43.2 Å². The molecule has 1 fully saturated rings. The van der Waals surface area contributed by atoms with E-state index in [2.05, 4.69) is 42.3 Å². The first-order chi connectivity index (χ1) is 11.5. The van der Waals surface area contributed by atoms with Crippen LogP contribution in [0.25, 0.3) is 0 Å². The molecule has 0 saturated carbocycles. The van der Waals surface area contributed by atoms with E-state index in [1.165, 1.54) is 28.9 Å². The Bertz CT molecular complexity index is 719. The third-order valence-corrected chi connectivity index (χ3v) is 4.40. The summed E-state index contributed by atoms with van der Waals surface area (Å²) in [6, 6.07) is 12.1. The second kappa shape index (κ2) is 6.91. The molecule has 0 unspecified atom stereocenters. The van der Waals surface area contributed by atoms with Gasteiger partial charge in [0.2, 0.25) is 0 Å². The van der Waals surface area contributed by atoms with E-state index in [-0.39, 0.29) is 11.8 Å². The number of nitrogens with zero attached hydrogens (tertiary/aromatic N) is 2. The summed E-state index contributed by atoms with van der Waals surface area (Å²) in [6.45, 7) is 7.12. The van der Waals surface area contributed by atoms with Gasteiger partial charge in [0.05, 0.1) is 0 Å². The summed E-state index contributed by atoms with van der Waals surface area (Å²) in [5.41, 5.74) is 4.26. The van der Waals surface area contributed by atoms with Crippen LogP contribution in [-0.4, -0.2) is 37.1 Å². The van der Waals surface area contributed by atoms with Crippen molar-refractivity contribution in [3.63, 3.8) is 0 Å². The van der Waals surface area contributed by atoms with E-state index in [1.807, 2.05) is 0 Å². The van der Waals surface area contributed by atoms with Gasteiger partial charge in [0.15, 0.2) is 0 Å². The number of benzene rings is 2. The second-order valence-corrected chi connectivity index (χ2v) is 6.16. The number of anilines is 2. The van der Waals surface area contributed by atoms with Crippen LogP contribution in [0, 0.1) is 19.7 Å². The molecule has 0 aliphatic carbocycles. The Morgan fingerprint density at radius 2 is 1.62 bits per heavy atom. The number of carbonyl (C=O) groups excluding carboxylic acids is 1. The number of para-hydroxylation sites is 1. The summed E-state index contributed by atoms with van der Waals surface area (Å²) in [6.07, 6.45) is 0. The van der Waals surface area contributed by atoms with Gasteiger partial charge >= 0.3 is 6.03 Å². The molecule has 0 bridgehead atoms. The van der Waals surface area contributed by atoms with Crippen molar-refractivity contribution in [1.29, 1.82) is 0 Å². The molecule has 126 valence electrons. The molecule has 1 aliphatic heterocycles. The zero-order valence-electron chi connectivity index (χ0n) is 14.1. The highest BCUT2D eigenvalue weighted by molar-refractivity contribution is 5.89. The fourth-order valence-electron chi connectivity index (χ4n) is 3.21. The number of amides is 2. The number of aryl methyl sites for hydroxylation is 2. The summed E-state index contributed by atoms with van der Waals surface area (Å²) in [7, 11) is 0. The molecule has 0 atom stereocenters. The highest BCUT2D eigenvalue weighted by Crippen LogP contribution is 2.25. The molecule has 1 N–H and O–H groups in total. The minimum Gasteiger partial charge on any atom is -0.368 e. The summed E-state index contributed by atoms with van der Waals surface area (Å²) < 4.78 is 13.2. The maximum absolute atomic E-state index is 13.2. The molecule has 2 aromatic carbocycles. The first kappa shape index (κ1) is 16.3. The van der Waals surface area contributed by atoms with E-state index in [0.29, 0.717) is 18.8 Å². The normalized spacial score (nSPS) is 14.6. The van der Waals surface area contributed by atoms with Crippen LogP contribution in [0.4, 0.5) is 20.6 Å². The Kier molecular flexibility index (Phi) is 4.69. The number of hydrogen-bond acceptors (Lipinski definition) is 2.